The minimum atomic E-state index is -0.765. The largest absolute Gasteiger partial charge is 0.481 e. The summed E-state index contributed by atoms with van der Waals surface area (Å²) in [6, 6.07) is 8.28. The first-order chi connectivity index (χ1) is 10.0. The fourth-order valence-corrected chi connectivity index (χ4v) is 2.97. The average molecular weight is 288 g/mol. The van der Waals surface area contributed by atoms with Gasteiger partial charge in [0.05, 0.1) is 11.4 Å². The minimum absolute atomic E-state index is 0.296. The maximum Gasteiger partial charge on any atom is 0.308 e. The molecule has 2 heterocycles. The molecule has 0 spiro atoms. The van der Waals surface area contributed by atoms with Gasteiger partial charge >= 0.3 is 5.97 Å². The van der Waals surface area contributed by atoms with Crippen LogP contribution in [0, 0.1) is 17.7 Å². The van der Waals surface area contributed by atoms with Crippen LogP contribution in [0.2, 0.25) is 0 Å². The molecule has 21 heavy (non-hydrogen) atoms. The number of pyridine rings is 1. The van der Waals surface area contributed by atoms with Crippen LogP contribution in [0.1, 0.15) is 13.3 Å². The molecule has 3 rings (SSSR count). The highest BCUT2D eigenvalue weighted by Gasteiger charge is 2.30. The lowest BCUT2D eigenvalue weighted by Gasteiger charge is -2.35. The molecule has 2 unspecified atom stereocenters. The highest BCUT2D eigenvalue weighted by atomic mass is 19.1. The third-order valence-electron chi connectivity index (χ3n) is 3.97. The molecule has 4 nitrogen and oxygen atoms in total. The van der Waals surface area contributed by atoms with Gasteiger partial charge in [-0.05, 0) is 36.6 Å². The molecule has 0 saturated carbocycles. The van der Waals surface area contributed by atoms with Crippen molar-refractivity contribution in [1.82, 2.24) is 4.98 Å². The van der Waals surface area contributed by atoms with Gasteiger partial charge in [0.1, 0.15) is 11.6 Å². The molecule has 1 N–H and O–H groups in total. The van der Waals surface area contributed by atoms with Crippen molar-refractivity contribution < 1.29 is 14.3 Å². The van der Waals surface area contributed by atoms with Crippen molar-refractivity contribution >= 4 is 22.7 Å². The van der Waals surface area contributed by atoms with Crippen LogP contribution in [0.25, 0.3) is 10.9 Å². The molecule has 1 fully saturated rings. The molecule has 1 saturated heterocycles. The molecular formula is C16H17FN2O2. The number of fused-ring (bicyclic) bond motifs is 1. The van der Waals surface area contributed by atoms with Crippen LogP contribution >= 0.6 is 0 Å². The fourth-order valence-electron chi connectivity index (χ4n) is 2.97. The Kier molecular flexibility index (Phi) is 3.49. The van der Waals surface area contributed by atoms with Gasteiger partial charge in [-0.3, -0.25) is 4.79 Å². The average Bonchev–Trinajstić information content (AvgIpc) is 2.45. The van der Waals surface area contributed by atoms with Crippen molar-refractivity contribution in [3.8, 4) is 0 Å². The summed E-state index contributed by atoms with van der Waals surface area (Å²) in [5.74, 6) is -0.449. The van der Waals surface area contributed by atoms with E-state index in [2.05, 4.69) is 4.98 Å². The first-order valence-corrected chi connectivity index (χ1v) is 7.07. The zero-order chi connectivity index (χ0) is 15.0. The van der Waals surface area contributed by atoms with Crippen LogP contribution < -0.4 is 4.90 Å². The van der Waals surface area contributed by atoms with Crippen molar-refractivity contribution in [1.29, 1.82) is 0 Å². The Morgan fingerprint density at radius 2 is 2.10 bits per heavy atom. The van der Waals surface area contributed by atoms with Crippen LogP contribution in [0.3, 0.4) is 0 Å². The van der Waals surface area contributed by atoms with E-state index in [-0.39, 0.29) is 11.7 Å². The minimum Gasteiger partial charge on any atom is -0.481 e. The number of aromatic nitrogens is 1. The number of carboxylic acid groups (broad SMARTS) is 1. The first-order valence-electron chi connectivity index (χ1n) is 7.07. The Morgan fingerprint density at radius 3 is 2.86 bits per heavy atom. The van der Waals surface area contributed by atoms with E-state index in [0.717, 1.165) is 11.9 Å². The molecule has 1 aromatic carbocycles. The topological polar surface area (TPSA) is 53.4 Å². The summed E-state index contributed by atoms with van der Waals surface area (Å²) in [5, 5.41) is 10.1. The monoisotopic (exact) mass is 288 g/mol. The van der Waals surface area contributed by atoms with Gasteiger partial charge in [-0.15, -0.1) is 0 Å². The summed E-state index contributed by atoms with van der Waals surface area (Å²) in [6.45, 7) is 3.27. The highest BCUT2D eigenvalue weighted by Crippen LogP contribution is 2.27. The maximum absolute atomic E-state index is 13.3. The van der Waals surface area contributed by atoms with Gasteiger partial charge in [-0.2, -0.15) is 0 Å². The summed E-state index contributed by atoms with van der Waals surface area (Å²) >= 11 is 0. The van der Waals surface area contributed by atoms with Crippen molar-refractivity contribution in [3.05, 3.63) is 36.1 Å². The summed E-state index contributed by atoms with van der Waals surface area (Å²) in [5.41, 5.74) is 0.595. The van der Waals surface area contributed by atoms with Gasteiger partial charge in [-0.1, -0.05) is 6.92 Å². The Hall–Kier alpha value is -2.17. The summed E-state index contributed by atoms with van der Waals surface area (Å²) in [6.07, 6.45) is 0.689. The molecule has 0 aliphatic carbocycles. The number of hydrogen-bond donors (Lipinski definition) is 1. The molecule has 1 aliphatic heterocycles. The second-order valence-corrected chi connectivity index (χ2v) is 5.79. The van der Waals surface area contributed by atoms with Crippen LogP contribution in [0.5, 0.6) is 0 Å². The first kappa shape index (κ1) is 13.8. The Balaban J connectivity index is 1.93. The number of carboxylic acids is 1. The maximum atomic E-state index is 13.3. The number of piperidine rings is 1. The van der Waals surface area contributed by atoms with E-state index in [1.807, 2.05) is 24.0 Å². The summed E-state index contributed by atoms with van der Waals surface area (Å²) in [4.78, 5) is 17.7. The standard InChI is InChI=1S/C16H17FN2O2/c1-10-6-12(16(20)21)9-19(8-10)15-5-3-11-2-4-13(17)7-14(11)18-15/h2-5,7,10,12H,6,8-9H2,1H3,(H,20,21). The van der Waals surface area contributed by atoms with Gasteiger partial charge < -0.3 is 10.0 Å². The SMILES string of the molecule is CC1CC(C(=O)O)CN(c2ccc3ccc(F)cc3n2)C1. The summed E-state index contributed by atoms with van der Waals surface area (Å²) in [7, 11) is 0. The smallest absolute Gasteiger partial charge is 0.308 e. The molecule has 0 bridgehead atoms. The highest BCUT2D eigenvalue weighted by molar-refractivity contribution is 5.80. The van der Waals surface area contributed by atoms with Crippen LogP contribution in [0.15, 0.2) is 30.3 Å². The third kappa shape index (κ3) is 2.82. The summed E-state index contributed by atoms with van der Waals surface area (Å²) < 4.78 is 13.3. The van der Waals surface area contributed by atoms with E-state index in [0.29, 0.717) is 30.2 Å². The van der Waals surface area contributed by atoms with E-state index in [4.69, 9.17) is 0 Å². The Bertz CT molecular complexity index is 689. The van der Waals surface area contributed by atoms with Gasteiger partial charge in [-0.25, -0.2) is 9.37 Å². The second kappa shape index (κ2) is 5.31. The lowest BCUT2D eigenvalue weighted by atomic mass is 9.90. The number of anilines is 1. The Labute approximate surface area is 122 Å². The molecule has 1 aromatic heterocycles. The quantitative estimate of drug-likeness (QED) is 0.923. The van der Waals surface area contributed by atoms with E-state index in [1.54, 1.807) is 6.07 Å². The van der Waals surface area contributed by atoms with E-state index in [1.165, 1.54) is 12.1 Å². The van der Waals surface area contributed by atoms with E-state index in [9.17, 15) is 14.3 Å². The van der Waals surface area contributed by atoms with Crippen molar-refractivity contribution in [2.75, 3.05) is 18.0 Å². The van der Waals surface area contributed by atoms with Gasteiger partial charge in [0.2, 0.25) is 0 Å². The van der Waals surface area contributed by atoms with Crippen LogP contribution in [-0.4, -0.2) is 29.1 Å². The number of aliphatic carboxylic acids is 1. The molecule has 110 valence electrons. The molecule has 2 aromatic rings. The van der Waals surface area contributed by atoms with Crippen molar-refractivity contribution in [2.45, 2.75) is 13.3 Å². The van der Waals surface area contributed by atoms with Crippen LogP contribution in [0.4, 0.5) is 10.2 Å². The third-order valence-corrected chi connectivity index (χ3v) is 3.97. The number of benzene rings is 1. The molecule has 5 heteroatoms. The van der Waals surface area contributed by atoms with Gasteiger partial charge in [0, 0.05) is 24.5 Å². The predicted molar refractivity (Wildman–Crippen MR) is 78.8 cm³/mol. The number of rotatable bonds is 2. The Morgan fingerprint density at radius 1 is 1.33 bits per heavy atom. The molecule has 1 aliphatic rings. The van der Waals surface area contributed by atoms with Crippen LogP contribution in [-0.2, 0) is 4.79 Å². The zero-order valence-corrected chi connectivity index (χ0v) is 11.8. The molecular weight excluding hydrogens is 271 g/mol. The van der Waals surface area contributed by atoms with E-state index < -0.39 is 5.97 Å². The number of nitrogens with zero attached hydrogens (tertiary/aromatic N) is 2. The zero-order valence-electron chi connectivity index (χ0n) is 11.8. The normalized spacial score (nSPS) is 22.5. The molecule has 0 radical (unpaired) electrons. The second-order valence-electron chi connectivity index (χ2n) is 5.79. The lowest BCUT2D eigenvalue weighted by molar-refractivity contribution is -0.142. The number of hydrogen-bond acceptors (Lipinski definition) is 3. The fraction of sp³-hybridized carbons (Fsp3) is 0.375. The molecule has 0 amide bonds. The van der Waals surface area contributed by atoms with Gasteiger partial charge in [0.15, 0.2) is 0 Å². The number of halogens is 1. The number of carbonyl (C=O) groups is 1. The molecule has 2 atom stereocenters. The van der Waals surface area contributed by atoms with E-state index >= 15 is 0 Å². The predicted octanol–water partition coefficient (Wildman–Crippen LogP) is 2.92. The van der Waals surface area contributed by atoms with Gasteiger partial charge in [0.25, 0.3) is 0 Å². The van der Waals surface area contributed by atoms with Crippen molar-refractivity contribution in [3.63, 3.8) is 0 Å². The lowest BCUT2D eigenvalue weighted by Crippen LogP contribution is -2.42. The van der Waals surface area contributed by atoms with Crippen molar-refractivity contribution in [2.24, 2.45) is 11.8 Å².